The van der Waals surface area contributed by atoms with Crippen LogP contribution in [0.25, 0.3) is 0 Å². The number of hydrogen-bond donors (Lipinski definition) is 0. The van der Waals surface area contributed by atoms with Crippen LogP contribution in [0.3, 0.4) is 0 Å². The van der Waals surface area contributed by atoms with Crippen LogP contribution in [-0.2, 0) is 11.2 Å². The number of amides is 1. The van der Waals surface area contributed by atoms with Gasteiger partial charge in [0.1, 0.15) is 0 Å². The first kappa shape index (κ1) is 14.0. The van der Waals surface area contributed by atoms with Crippen LogP contribution < -0.4 is 4.90 Å². The molecule has 21 heavy (non-hydrogen) atoms. The van der Waals surface area contributed by atoms with Gasteiger partial charge in [-0.05, 0) is 37.3 Å². The van der Waals surface area contributed by atoms with Gasteiger partial charge in [0.2, 0.25) is 5.91 Å². The average Bonchev–Trinajstić information content (AvgIpc) is 2.87. The van der Waals surface area contributed by atoms with E-state index in [4.69, 9.17) is 0 Å². The fourth-order valence-electron chi connectivity index (χ4n) is 2.66. The molecule has 0 unspecified atom stereocenters. The summed E-state index contributed by atoms with van der Waals surface area (Å²) in [7, 11) is 0. The summed E-state index contributed by atoms with van der Waals surface area (Å²) in [6, 6.07) is 9.48. The van der Waals surface area contributed by atoms with Crippen LogP contribution in [0.5, 0.6) is 0 Å². The number of anilines is 1. The molecule has 1 aliphatic heterocycles. The molecule has 2 heterocycles. The van der Waals surface area contributed by atoms with Gasteiger partial charge in [-0.2, -0.15) is 0 Å². The van der Waals surface area contributed by atoms with Crippen molar-refractivity contribution in [2.45, 2.75) is 26.2 Å². The highest BCUT2D eigenvalue weighted by Crippen LogP contribution is 2.31. The van der Waals surface area contributed by atoms with Crippen LogP contribution in [0, 0.1) is 6.92 Å². The third kappa shape index (κ3) is 2.90. The molecule has 0 spiro atoms. The van der Waals surface area contributed by atoms with Crippen LogP contribution in [0.4, 0.5) is 5.69 Å². The monoisotopic (exact) mass is 299 g/mol. The van der Waals surface area contributed by atoms with Crippen molar-refractivity contribution in [1.82, 2.24) is 0 Å². The largest absolute Gasteiger partial charge is 0.303 e. The molecule has 1 aromatic carbocycles. The average molecular weight is 299 g/mol. The highest BCUT2D eigenvalue weighted by Gasteiger charge is 2.25. The molecule has 1 aromatic heterocycles. The Hall–Kier alpha value is -1.94. The SMILES string of the molecule is Cc1cccc(C(=O)CN2C(=O)CCCc3sccc32)c1. The third-order valence-electron chi connectivity index (χ3n) is 3.75. The van der Waals surface area contributed by atoms with Crippen LogP contribution >= 0.6 is 11.3 Å². The van der Waals surface area contributed by atoms with Crippen LogP contribution in [0.1, 0.15) is 33.6 Å². The van der Waals surface area contributed by atoms with Crippen molar-refractivity contribution in [2.75, 3.05) is 11.4 Å². The molecule has 0 fully saturated rings. The summed E-state index contributed by atoms with van der Waals surface area (Å²) >= 11 is 1.66. The van der Waals surface area contributed by atoms with Gasteiger partial charge in [0, 0.05) is 16.9 Å². The Bertz CT molecular complexity index is 690. The molecule has 4 heteroatoms. The van der Waals surface area contributed by atoms with Crippen molar-refractivity contribution in [2.24, 2.45) is 0 Å². The minimum absolute atomic E-state index is 0.00824. The lowest BCUT2D eigenvalue weighted by molar-refractivity contribution is -0.118. The zero-order valence-corrected chi connectivity index (χ0v) is 12.8. The van der Waals surface area contributed by atoms with Gasteiger partial charge in [-0.15, -0.1) is 11.3 Å². The number of thiophene rings is 1. The van der Waals surface area contributed by atoms with E-state index >= 15 is 0 Å². The maximum absolute atomic E-state index is 12.5. The van der Waals surface area contributed by atoms with E-state index in [9.17, 15) is 9.59 Å². The quantitative estimate of drug-likeness (QED) is 0.812. The number of nitrogens with zero attached hydrogens (tertiary/aromatic N) is 1. The Kier molecular flexibility index (Phi) is 3.88. The van der Waals surface area contributed by atoms with E-state index < -0.39 is 0 Å². The molecule has 2 aromatic rings. The van der Waals surface area contributed by atoms with Gasteiger partial charge in [-0.1, -0.05) is 23.8 Å². The van der Waals surface area contributed by atoms with Gasteiger partial charge < -0.3 is 4.90 Å². The normalized spacial score (nSPS) is 14.7. The van der Waals surface area contributed by atoms with E-state index in [0.29, 0.717) is 12.0 Å². The molecule has 0 saturated heterocycles. The molecule has 0 aliphatic carbocycles. The number of hydrogen-bond acceptors (Lipinski definition) is 3. The number of ketones is 1. The molecule has 108 valence electrons. The van der Waals surface area contributed by atoms with Gasteiger partial charge in [0.05, 0.1) is 12.2 Å². The topological polar surface area (TPSA) is 37.4 Å². The first-order chi connectivity index (χ1) is 10.1. The van der Waals surface area contributed by atoms with Gasteiger partial charge in [-0.25, -0.2) is 0 Å². The molecule has 3 nitrogen and oxygen atoms in total. The maximum Gasteiger partial charge on any atom is 0.227 e. The maximum atomic E-state index is 12.5. The number of carbonyl (C=O) groups is 2. The highest BCUT2D eigenvalue weighted by molar-refractivity contribution is 7.10. The van der Waals surface area contributed by atoms with Gasteiger partial charge >= 0.3 is 0 Å². The molecule has 3 rings (SSSR count). The van der Waals surface area contributed by atoms with Crippen molar-refractivity contribution >= 4 is 28.7 Å². The predicted octanol–water partition coefficient (Wildman–Crippen LogP) is 3.61. The fraction of sp³-hybridized carbons (Fsp3) is 0.294. The summed E-state index contributed by atoms with van der Waals surface area (Å²) in [4.78, 5) is 27.6. The Morgan fingerprint density at radius 2 is 2.14 bits per heavy atom. The second kappa shape index (κ2) is 5.82. The second-order valence-corrected chi connectivity index (χ2v) is 6.36. The molecular formula is C17H17NO2S. The second-order valence-electron chi connectivity index (χ2n) is 5.36. The van der Waals surface area contributed by atoms with Gasteiger partial charge in [-0.3, -0.25) is 9.59 Å². The molecule has 0 saturated carbocycles. The first-order valence-electron chi connectivity index (χ1n) is 7.12. The number of rotatable bonds is 3. The van der Waals surface area contributed by atoms with Crippen LogP contribution in [0.15, 0.2) is 35.7 Å². The van der Waals surface area contributed by atoms with Crippen LogP contribution in [-0.4, -0.2) is 18.2 Å². The minimum Gasteiger partial charge on any atom is -0.303 e. The van der Waals surface area contributed by atoms with Crippen molar-refractivity contribution in [3.8, 4) is 0 Å². The Morgan fingerprint density at radius 1 is 1.29 bits per heavy atom. The molecule has 1 amide bonds. The van der Waals surface area contributed by atoms with Gasteiger partial charge in [0.15, 0.2) is 5.78 Å². The molecule has 1 aliphatic rings. The van der Waals surface area contributed by atoms with Crippen molar-refractivity contribution in [1.29, 1.82) is 0 Å². The van der Waals surface area contributed by atoms with E-state index in [-0.39, 0.29) is 18.2 Å². The Morgan fingerprint density at radius 3 is 2.95 bits per heavy atom. The molecular weight excluding hydrogens is 282 g/mol. The molecule has 0 radical (unpaired) electrons. The highest BCUT2D eigenvalue weighted by atomic mass is 32.1. The zero-order valence-electron chi connectivity index (χ0n) is 12.0. The minimum atomic E-state index is -0.00824. The summed E-state index contributed by atoms with van der Waals surface area (Å²) in [6.45, 7) is 2.09. The number of carbonyl (C=O) groups excluding carboxylic acids is 2. The standard InChI is InChI=1S/C17H17NO2S/c1-12-4-2-5-13(10-12)15(19)11-18-14-8-9-21-16(14)6-3-7-17(18)20/h2,4-5,8-10H,3,6-7,11H2,1H3. The predicted molar refractivity (Wildman–Crippen MR) is 85.1 cm³/mol. The van der Waals surface area contributed by atoms with E-state index in [1.165, 1.54) is 4.88 Å². The van der Waals surface area contributed by atoms with Crippen molar-refractivity contribution < 1.29 is 9.59 Å². The number of benzene rings is 1. The van der Waals surface area contributed by atoms with E-state index in [1.807, 2.05) is 42.6 Å². The lowest BCUT2D eigenvalue weighted by Crippen LogP contribution is -2.35. The summed E-state index contributed by atoms with van der Waals surface area (Å²) in [5.41, 5.74) is 2.64. The molecule has 0 N–H and O–H groups in total. The molecule has 0 atom stereocenters. The molecule has 0 bridgehead atoms. The Balaban J connectivity index is 1.86. The summed E-state index contributed by atoms with van der Waals surface area (Å²) in [5.74, 6) is 0.0410. The van der Waals surface area contributed by atoms with E-state index in [2.05, 4.69) is 0 Å². The van der Waals surface area contributed by atoms with Gasteiger partial charge in [0.25, 0.3) is 0 Å². The van der Waals surface area contributed by atoms with E-state index in [0.717, 1.165) is 24.1 Å². The van der Waals surface area contributed by atoms with E-state index in [1.54, 1.807) is 16.2 Å². The number of aryl methyl sites for hydroxylation is 2. The number of Topliss-reactive ketones (excluding diaryl/α,β-unsaturated/α-hetero) is 1. The zero-order chi connectivity index (χ0) is 14.8. The number of fused-ring (bicyclic) bond motifs is 1. The summed E-state index contributed by atoms with van der Waals surface area (Å²) in [5, 5.41) is 1.99. The summed E-state index contributed by atoms with van der Waals surface area (Å²) < 4.78 is 0. The van der Waals surface area contributed by atoms with Crippen molar-refractivity contribution in [3.63, 3.8) is 0 Å². The lowest BCUT2D eigenvalue weighted by atomic mass is 10.1. The van der Waals surface area contributed by atoms with Crippen molar-refractivity contribution in [3.05, 3.63) is 51.7 Å². The smallest absolute Gasteiger partial charge is 0.227 e. The lowest BCUT2D eigenvalue weighted by Gasteiger charge is -2.20. The fourth-order valence-corrected chi connectivity index (χ4v) is 3.58. The van der Waals surface area contributed by atoms with Crippen LogP contribution in [0.2, 0.25) is 0 Å². The Labute approximate surface area is 128 Å². The first-order valence-corrected chi connectivity index (χ1v) is 8.00. The summed E-state index contributed by atoms with van der Waals surface area (Å²) in [6.07, 6.45) is 2.30. The third-order valence-corrected chi connectivity index (χ3v) is 4.72.